The molecule has 8 aromatic carbocycles. The number of benzene rings is 8. The summed E-state index contributed by atoms with van der Waals surface area (Å²) in [6, 6.07) is 65.7. The average molecular weight is 677 g/mol. The topological polar surface area (TPSA) is 17.8 Å². The fraction of sp³-hybridized carbons (Fsp3) is 0.0392. The number of aryl methyl sites for hydroxylation is 1. The van der Waals surface area contributed by atoms with Crippen molar-refractivity contribution < 1.29 is 0 Å². The third-order valence-corrected chi connectivity index (χ3v) is 10.7. The monoisotopic (exact) mass is 676 g/mol. The first-order valence-corrected chi connectivity index (χ1v) is 18.4. The van der Waals surface area contributed by atoms with Crippen LogP contribution in [0.3, 0.4) is 0 Å². The van der Waals surface area contributed by atoms with Gasteiger partial charge in [-0.25, -0.2) is 4.98 Å². The van der Waals surface area contributed by atoms with Gasteiger partial charge in [0, 0.05) is 22.4 Å². The van der Waals surface area contributed by atoms with Crippen molar-refractivity contribution in [3.05, 3.63) is 199 Å². The van der Waals surface area contributed by atoms with E-state index in [1.54, 1.807) is 0 Å². The molecule has 53 heavy (non-hydrogen) atoms. The molecule has 1 aromatic heterocycles. The number of rotatable bonds is 6. The van der Waals surface area contributed by atoms with Crippen LogP contribution in [0.25, 0.3) is 89.5 Å². The molecule has 1 aliphatic rings. The van der Waals surface area contributed by atoms with Crippen molar-refractivity contribution >= 4 is 27.6 Å². The van der Waals surface area contributed by atoms with Crippen molar-refractivity contribution in [3.8, 4) is 61.8 Å². The summed E-state index contributed by atoms with van der Waals surface area (Å²) in [5.74, 6) is 0.913. The maximum Gasteiger partial charge on any atom is 0.145 e. The van der Waals surface area contributed by atoms with E-state index in [9.17, 15) is 0 Å². The van der Waals surface area contributed by atoms with Crippen LogP contribution < -0.4 is 0 Å². The van der Waals surface area contributed by atoms with E-state index in [1.807, 2.05) is 0 Å². The Morgan fingerprint density at radius 2 is 0.943 bits per heavy atom. The van der Waals surface area contributed by atoms with E-state index in [1.165, 1.54) is 54.9 Å². The van der Waals surface area contributed by atoms with E-state index in [0.717, 1.165) is 52.4 Å². The molecular weight excluding hydrogens is 641 g/mol. The fourth-order valence-electron chi connectivity index (χ4n) is 8.22. The summed E-state index contributed by atoms with van der Waals surface area (Å²) in [5.41, 5.74) is 14.2. The van der Waals surface area contributed by atoms with Gasteiger partial charge in [0.05, 0.1) is 11.4 Å². The van der Waals surface area contributed by atoms with Gasteiger partial charge >= 0.3 is 0 Å². The number of hydrogen-bond acceptors (Lipinski definition) is 1. The van der Waals surface area contributed by atoms with Gasteiger partial charge in [-0.1, -0.05) is 176 Å². The maximum atomic E-state index is 5.39. The second-order valence-corrected chi connectivity index (χ2v) is 13.8. The first kappa shape index (κ1) is 31.0. The van der Waals surface area contributed by atoms with Crippen molar-refractivity contribution in [1.82, 2.24) is 9.55 Å². The van der Waals surface area contributed by atoms with Crippen LogP contribution in [0.5, 0.6) is 0 Å². The van der Waals surface area contributed by atoms with Crippen LogP contribution in [0, 0.1) is 0 Å². The van der Waals surface area contributed by atoms with Crippen molar-refractivity contribution in [2.75, 3.05) is 0 Å². The lowest BCUT2D eigenvalue weighted by Gasteiger charge is -2.19. The maximum absolute atomic E-state index is 5.39. The number of imidazole rings is 1. The first-order valence-electron chi connectivity index (χ1n) is 18.4. The van der Waals surface area contributed by atoms with Crippen molar-refractivity contribution in [3.63, 3.8) is 0 Å². The largest absolute Gasteiger partial charge is 0.292 e. The van der Waals surface area contributed by atoms with Crippen LogP contribution >= 0.6 is 0 Å². The predicted octanol–water partition coefficient (Wildman–Crippen LogP) is 13.5. The molecule has 1 heterocycles. The highest BCUT2D eigenvalue weighted by Crippen LogP contribution is 2.45. The number of allylic oxidation sites excluding steroid dienone is 1. The van der Waals surface area contributed by atoms with Crippen LogP contribution in [-0.2, 0) is 6.42 Å². The molecule has 10 rings (SSSR count). The van der Waals surface area contributed by atoms with Gasteiger partial charge in [0.25, 0.3) is 0 Å². The smallest absolute Gasteiger partial charge is 0.145 e. The molecule has 250 valence electrons. The molecule has 0 N–H and O–H groups in total. The average Bonchev–Trinajstić information content (AvgIpc) is 3.64. The van der Waals surface area contributed by atoms with Crippen molar-refractivity contribution in [1.29, 1.82) is 0 Å². The molecule has 9 aromatic rings. The summed E-state index contributed by atoms with van der Waals surface area (Å²) < 4.78 is 2.33. The normalized spacial score (nSPS) is 12.3. The second-order valence-electron chi connectivity index (χ2n) is 13.8. The molecule has 0 radical (unpaired) electrons. The SMILES string of the molecule is C1=Cc2cc(-c3c4ccccc4c(-c4ccc(-n5c(-c6ccccc6)nc(-c6ccccc6)c5-c5ccccc5)cc4)c4ccccc34)ccc2CC1. The Kier molecular flexibility index (Phi) is 7.66. The van der Waals surface area contributed by atoms with E-state index in [-0.39, 0.29) is 0 Å². The van der Waals surface area contributed by atoms with Gasteiger partial charge in [-0.3, -0.25) is 4.57 Å². The molecular formula is C51H36N2. The van der Waals surface area contributed by atoms with Crippen molar-refractivity contribution in [2.24, 2.45) is 0 Å². The second kappa shape index (κ2) is 13.1. The molecule has 0 spiro atoms. The molecule has 0 unspecified atom stereocenters. The van der Waals surface area contributed by atoms with Crippen LogP contribution in [0.1, 0.15) is 17.5 Å². The zero-order chi connectivity index (χ0) is 35.1. The summed E-state index contributed by atoms with van der Waals surface area (Å²) in [4.78, 5) is 5.39. The van der Waals surface area contributed by atoms with Crippen molar-refractivity contribution in [2.45, 2.75) is 12.8 Å². The minimum Gasteiger partial charge on any atom is -0.292 e. The minimum absolute atomic E-state index is 0.913. The summed E-state index contributed by atoms with van der Waals surface area (Å²) in [7, 11) is 0. The Morgan fingerprint density at radius 1 is 0.434 bits per heavy atom. The fourth-order valence-corrected chi connectivity index (χ4v) is 8.22. The molecule has 1 aliphatic carbocycles. The highest BCUT2D eigenvalue weighted by atomic mass is 15.1. The van der Waals surface area contributed by atoms with Crippen LogP contribution in [-0.4, -0.2) is 9.55 Å². The molecule has 0 saturated carbocycles. The standard InChI is InChI=1S/C51H36N2/c1-4-17-37(18-5-1)49-50(38-19-6-2-7-20-38)53(51(52-49)39-21-8-3-9-22-39)42-32-30-36(31-33-42)47-43-24-12-14-26-45(43)48(46-27-15-13-25-44(46)47)41-29-28-35-16-10-11-23-40(35)34-41/h1-9,11-15,17-34H,10,16H2. The summed E-state index contributed by atoms with van der Waals surface area (Å²) >= 11 is 0. The van der Waals surface area contributed by atoms with E-state index in [0.29, 0.717) is 0 Å². The van der Waals surface area contributed by atoms with Gasteiger partial charge in [0.1, 0.15) is 5.82 Å². The molecule has 0 amide bonds. The van der Waals surface area contributed by atoms with E-state index < -0.39 is 0 Å². The molecule has 2 heteroatoms. The number of nitrogens with zero attached hydrogens (tertiary/aromatic N) is 2. The van der Waals surface area contributed by atoms with E-state index in [2.05, 4.69) is 199 Å². The molecule has 2 nitrogen and oxygen atoms in total. The highest BCUT2D eigenvalue weighted by Gasteiger charge is 2.23. The third kappa shape index (κ3) is 5.39. The number of aromatic nitrogens is 2. The Hall–Kier alpha value is -6.77. The van der Waals surface area contributed by atoms with Crippen LogP contribution in [0.4, 0.5) is 0 Å². The van der Waals surface area contributed by atoms with Gasteiger partial charge in [0.2, 0.25) is 0 Å². The van der Waals surface area contributed by atoms with E-state index in [4.69, 9.17) is 4.98 Å². The molecule has 0 fully saturated rings. The quantitative estimate of drug-likeness (QED) is 0.160. The lowest BCUT2D eigenvalue weighted by molar-refractivity contribution is 0.986. The Morgan fingerprint density at radius 3 is 1.55 bits per heavy atom. The Balaban J connectivity index is 1.19. The summed E-state index contributed by atoms with van der Waals surface area (Å²) in [6.45, 7) is 0. The Bertz CT molecular complexity index is 2740. The molecule has 0 bridgehead atoms. The summed E-state index contributed by atoms with van der Waals surface area (Å²) in [6.07, 6.45) is 6.81. The zero-order valence-electron chi connectivity index (χ0n) is 29.3. The lowest BCUT2D eigenvalue weighted by Crippen LogP contribution is -2.00. The lowest BCUT2D eigenvalue weighted by atomic mass is 9.84. The highest BCUT2D eigenvalue weighted by molar-refractivity contribution is 6.21. The predicted molar refractivity (Wildman–Crippen MR) is 223 cm³/mol. The molecule has 0 atom stereocenters. The van der Waals surface area contributed by atoms with Gasteiger partial charge in [-0.2, -0.15) is 0 Å². The third-order valence-electron chi connectivity index (χ3n) is 10.7. The van der Waals surface area contributed by atoms with E-state index >= 15 is 0 Å². The van der Waals surface area contributed by atoms with Gasteiger partial charge < -0.3 is 0 Å². The Labute approximate surface area is 310 Å². The van der Waals surface area contributed by atoms with Crippen LogP contribution in [0.15, 0.2) is 188 Å². The molecule has 0 aliphatic heterocycles. The van der Waals surface area contributed by atoms with Crippen LogP contribution in [0.2, 0.25) is 0 Å². The van der Waals surface area contributed by atoms with Gasteiger partial charge in [-0.15, -0.1) is 0 Å². The zero-order valence-corrected chi connectivity index (χ0v) is 29.3. The molecule has 0 saturated heterocycles. The first-order chi connectivity index (χ1) is 26.3. The number of hydrogen-bond donors (Lipinski definition) is 0. The number of fused-ring (bicyclic) bond motifs is 3. The minimum atomic E-state index is 0.913. The van der Waals surface area contributed by atoms with Gasteiger partial charge in [0.15, 0.2) is 0 Å². The van der Waals surface area contributed by atoms with Gasteiger partial charge in [-0.05, 0) is 86.0 Å². The summed E-state index contributed by atoms with van der Waals surface area (Å²) in [5, 5.41) is 5.05.